The number of methoxy groups -OCH3 is 1. The predicted molar refractivity (Wildman–Crippen MR) is 113 cm³/mol. The third-order valence-corrected chi connectivity index (χ3v) is 5.15. The number of carbonyl (C=O) groups excluding carboxylic acids is 2. The summed E-state index contributed by atoms with van der Waals surface area (Å²) in [5, 5.41) is 2.62. The second kappa shape index (κ2) is 8.06. The Balaban J connectivity index is 1.61. The number of amides is 3. The summed E-state index contributed by atoms with van der Waals surface area (Å²) >= 11 is 0. The lowest BCUT2D eigenvalue weighted by Crippen LogP contribution is -2.33. The van der Waals surface area contributed by atoms with Crippen molar-refractivity contribution in [3.63, 3.8) is 0 Å². The Morgan fingerprint density at radius 1 is 1.16 bits per heavy atom. The Hall–Kier alpha value is -3.94. The highest BCUT2D eigenvalue weighted by molar-refractivity contribution is 6.14. The molecule has 0 radical (unpaired) electrons. The van der Waals surface area contributed by atoms with Crippen LogP contribution in [0.5, 0.6) is 5.75 Å². The quantitative estimate of drug-likeness (QED) is 0.500. The van der Waals surface area contributed by atoms with Gasteiger partial charge in [-0.3, -0.25) is 9.69 Å². The van der Waals surface area contributed by atoms with E-state index in [0.29, 0.717) is 16.9 Å². The molecule has 3 amide bonds. The van der Waals surface area contributed by atoms with Crippen LogP contribution in [-0.2, 0) is 4.79 Å². The fraction of sp³-hybridized carbons (Fsp3) is 0.174. The Kier molecular flexibility index (Phi) is 5.29. The minimum absolute atomic E-state index is 0.159. The van der Waals surface area contributed by atoms with E-state index in [1.165, 1.54) is 12.1 Å². The lowest BCUT2D eigenvalue weighted by Gasteiger charge is -2.21. The number of nitrogens with one attached hydrogen (secondary N) is 1. The van der Waals surface area contributed by atoms with E-state index in [4.69, 9.17) is 4.74 Å². The van der Waals surface area contributed by atoms with Gasteiger partial charge < -0.3 is 14.6 Å². The largest absolute Gasteiger partial charge is 0.495 e. The molecule has 1 fully saturated rings. The molecule has 0 spiro atoms. The van der Waals surface area contributed by atoms with Gasteiger partial charge in [-0.2, -0.15) is 0 Å². The van der Waals surface area contributed by atoms with Crippen LogP contribution >= 0.6 is 0 Å². The van der Waals surface area contributed by atoms with E-state index in [1.807, 2.05) is 29.8 Å². The van der Waals surface area contributed by atoms with Gasteiger partial charge in [0.1, 0.15) is 17.3 Å². The third kappa shape index (κ3) is 3.92. The second-order valence-corrected chi connectivity index (χ2v) is 7.24. The zero-order valence-electron chi connectivity index (χ0n) is 17.3. The number of rotatable bonds is 5. The molecule has 1 aliphatic rings. The summed E-state index contributed by atoms with van der Waals surface area (Å²) < 4.78 is 20.5. The van der Waals surface area contributed by atoms with Crippen molar-refractivity contribution in [3.05, 3.63) is 83.3 Å². The molecule has 31 heavy (non-hydrogen) atoms. The van der Waals surface area contributed by atoms with Gasteiger partial charge in [-0.05, 0) is 55.3 Å². The molecule has 1 saturated heterocycles. The fourth-order valence-electron chi connectivity index (χ4n) is 3.51. The van der Waals surface area contributed by atoms with Crippen LogP contribution in [0.25, 0.3) is 11.8 Å². The summed E-state index contributed by atoms with van der Waals surface area (Å²) in [5.74, 6) is -0.229. The van der Waals surface area contributed by atoms with Crippen LogP contribution < -0.4 is 10.1 Å². The number of carbonyl (C=O) groups is 2. The van der Waals surface area contributed by atoms with Gasteiger partial charge >= 0.3 is 6.03 Å². The van der Waals surface area contributed by atoms with E-state index in [0.717, 1.165) is 16.3 Å². The second-order valence-electron chi connectivity index (χ2n) is 7.24. The number of aryl methyl sites for hydroxylation is 1. The highest BCUT2D eigenvalue weighted by Crippen LogP contribution is 2.28. The van der Waals surface area contributed by atoms with Gasteiger partial charge in [0.2, 0.25) is 0 Å². The minimum Gasteiger partial charge on any atom is -0.495 e. The maximum absolute atomic E-state index is 13.2. The summed E-state index contributed by atoms with van der Waals surface area (Å²) in [6.45, 7) is 3.62. The van der Waals surface area contributed by atoms with Crippen molar-refractivity contribution in [2.24, 2.45) is 0 Å². The van der Waals surface area contributed by atoms with Crippen molar-refractivity contribution in [2.45, 2.75) is 19.9 Å². The molecule has 7 nitrogen and oxygen atoms in total. The molecule has 0 aliphatic carbocycles. The molecule has 0 saturated carbocycles. The molecule has 8 heteroatoms. The van der Waals surface area contributed by atoms with E-state index >= 15 is 0 Å². The molecule has 158 valence electrons. The van der Waals surface area contributed by atoms with Crippen LogP contribution in [-0.4, -0.2) is 33.5 Å². The van der Waals surface area contributed by atoms with Crippen LogP contribution in [0.1, 0.15) is 29.8 Å². The Morgan fingerprint density at radius 3 is 2.55 bits per heavy atom. The summed E-state index contributed by atoms with van der Waals surface area (Å²) in [4.78, 5) is 30.7. The van der Waals surface area contributed by atoms with Crippen molar-refractivity contribution in [2.75, 3.05) is 7.11 Å². The number of ether oxygens (including phenoxy) is 1. The van der Waals surface area contributed by atoms with Gasteiger partial charge in [-0.1, -0.05) is 18.2 Å². The number of imide groups is 1. The van der Waals surface area contributed by atoms with Gasteiger partial charge in [0.25, 0.3) is 5.91 Å². The average molecular weight is 420 g/mol. The molecule has 3 aromatic rings. The summed E-state index contributed by atoms with van der Waals surface area (Å²) in [6.07, 6.45) is 5.18. The number of nitrogens with zero attached hydrogens (tertiary/aromatic N) is 3. The van der Waals surface area contributed by atoms with Crippen molar-refractivity contribution >= 4 is 18.0 Å². The van der Waals surface area contributed by atoms with Crippen molar-refractivity contribution in [1.29, 1.82) is 0 Å². The fourth-order valence-corrected chi connectivity index (χ4v) is 3.51. The highest BCUT2D eigenvalue weighted by Gasteiger charge is 2.37. The summed E-state index contributed by atoms with van der Waals surface area (Å²) in [6, 6.07) is 10.1. The topological polar surface area (TPSA) is 76.5 Å². The van der Waals surface area contributed by atoms with Crippen LogP contribution in [0.3, 0.4) is 0 Å². The van der Waals surface area contributed by atoms with E-state index in [1.54, 1.807) is 44.6 Å². The number of aromatic nitrogens is 2. The molecular formula is C23H21FN4O3. The standard InChI is InChI=1S/C23H21FN4O3/c1-14-12-27(13-25-14)20-9-4-16(11-21(20)31-3)10-19-22(29)28(23(30)26-19)15(2)17-5-7-18(24)8-6-17/h4-13,15H,1-3H3,(H,26,30)/b19-10-/t15-/m0/s1. The Labute approximate surface area is 178 Å². The normalized spacial score (nSPS) is 16.0. The number of imidazole rings is 1. The van der Waals surface area contributed by atoms with E-state index in [-0.39, 0.29) is 11.5 Å². The smallest absolute Gasteiger partial charge is 0.329 e. The molecule has 0 unspecified atom stereocenters. The molecule has 1 atom stereocenters. The van der Waals surface area contributed by atoms with E-state index in [2.05, 4.69) is 10.3 Å². The van der Waals surface area contributed by atoms with Crippen molar-refractivity contribution in [3.8, 4) is 11.4 Å². The van der Waals surface area contributed by atoms with E-state index < -0.39 is 18.0 Å². The summed E-state index contributed by atoms with van der Waals surface area (Å²) in [7, 11) is 1.56. The molecule has 4 rings (SSSR count). The van der Waals surface area contributed by atoms with Gasteiger partial charge in [-0.25, -0.2) is 14.2 Å². The van der Waals surface area contributed by atoms with Crippen LogP contribution in [0.15, 0.2) is 60.7 Å². The van der Waals surface area contributed by atoms with Gasteiger partial charge in [-0.15, -0.1) is 0 Å². The van der Waals surface area contributed by atoms with Gasteiger partial charge in [0.05, 0.1) is 30.9 Å². The zero-order valence-corrected chi connectivity index (χ0v) is 17.3. The molecule has 2 aromatic carbocycles. The van der Waals surface area contributed by atoms with E-state index in [9.17, 15) is 14.0 Å². The van der Waals surface area contributed by atoms with Gasteiger partial charge in [0, 0.05) is 6.20 Å². The number of hydrogen-bond donors (Lipinski definition) is 1. The molecule has 1 aromatic heterocycles. The monoisotopic (exact) mass is 420 g/mol. The van der Waals surface area contributed by atoms with Crippen LogP contribution in [0, 0.1) is 12.7 Å². The average Bonchev–Trinajstić information content (AvgIpc) is 3.30. The van der Waals surface area contributed by atoms with Crippen molar-refractivity contribution in [1.82, 2.24) is 19.8 Å². The first-order chi connectivity index (χ1) is 14.9. The maximum atomic E-state index is 13.2. The lowest BCUT2D eigenvalue weighted by atomic mass is 10.1. The predicted octanol–water partition coefficient (Wildman–Crippen LogP) is 3.98. The molecular weight excluding hydrogens is 399 g/mol. The van der Waals surface area contributed by atoms with Gasteiger partial charge in [0.15, 0.2) is 0 Å². The maximum Gasteiger partial charge on any atom is 0.329 e. The third-order valence-electron chi connectivity index (χ3n) is 5.15. The summed E-state index contributed by atoms with van der Waals surface area (Å²) in [5.41, 5.74) is 3.19. The lowest BCUT2D eigenvalue weighted by molar-refractivity contribution is -0.124. The van der Waals surface area contributed by atoms with Crippen LogP contribution in [0.4, 0.5) is 9.18 Å². The Morgan fingerprint density at radius 2 is 1.90 bits per heavy atom. The van der Waals surface area contributed by atoms with Crippen molar-refractivity contribution < 1.29 is 18.7 Å². The number of benzene rings is 2. The first-order valence-corrected chi connectivity index (χ1v) is 9.68. The zero-order chi connectivity index (χ0) is 22.1. The first-order valence-electron chi connectivity index (χ1n) is 9.68. The molecule has 1 N–H and O–H groups in total. The Bertz CT molecular complexity index is 1180. The first kappa shape index (κ1) is 20.3. The minimum atomic E-state index is -0.541. The highest BCUT2D eigenvalue weighted by atomic mass is 19.1. The molecule has 1 aliphatic heterocycles. The molecule has 0 bridgehead atoms. The molecule has 2 heterocycles. The number of hydrogen-bond acceptors (Lipinski definition) is 4. The van der Waals surface area contributed by atoms with Crippen LogP contribution in [0.2, 0.25) is 0 Å². The SMILES string of the molecule is COc1cc(/C=C2\NC(=O)N([C@@H](C)c3ccc(F)cc3)C2=O)ccc1-n1cnc(C)c1. The number of urea groups is 1. The number of halogens is 1.